The van der Waals surface area contributed by atoms with Gasteiger partial charge >= 0.3 is 0 Å². The highest BCUT2D eigenvalue weighted by Crippen LogP contribution is 2.33. The van der Waals surface area contributed by atoms with E-state index in [1.165, 1.54) is 24.4 Å². The van der Waals surface area contributed by atoms with Crippen LogP contribution in [0.3, 0.4) is 0 Å². The lowest BCUT2D eigenvalue weighted by Crippen LogP contribution is -2.13. The number of hydrogen-bond acceptors (Lipinski definition) is 3. The van der Waals surface area contributed by atoms with Crippen molar-refractivity contribution < 1.29 is 12.8 Å². The van der Waals surface area contributed by atoms with Gasteiger partial charge in [-0.2, -0.15) is 5.26 Å². The van der Waals surface area contributed by atoms with Gasteiger partial charge in [-0.15, -0.1) is 0 Å². The normalized spacial score (nSPS) is 11.2. The molecule has 0 saturated carbocycles. The molecule has 0 amide bonds. The Kier molecular flexibility index (Phi) is 4.92. The minimum absolute atomic E-state index is 0.0879. The second kappa shape index (κ2) is 7.00. The van der Waals surface area contributed by atoms with Gasteiger partial charge in [-0.3, -0.25) is 4.72 Å². The van der Waals surface area contributed by atoms with E-state index in [4.69, 9.17) is 28.5 Å². The minimum Gasteiger partial charge on any atom is -0.360 e. The highest BCUT2D eigenvalue weighted by atomic mass is 35.5. The van der Waals surface area contributed by atoms with Crippen LogP contribution in [0.15, 0.2) is 53.6 Å². The number of nitrogens with zero attached hydrogens (tertiary/aromatic N) is 1. The maximum atomic E-state index is 13.9. The summed E-state index contributed by atoms with van der Waals surface area (Å²) in [5.41, 5.74) is 0.806. The molecule has 0 bridgehead atoms. The quantitative estimate of drug-likeness (QED) is 0.648. The van der Waals surface area contributed by atoms with Gasteiger partial charge in [-0.1, -0.05) is 35.3 Å². The third kappa shape index (κ3) is 3.53. The van der Waals surface area contributed by atoms with Crippen molar-refractivity contribution in [3.05, 3.63) is 70.1 Å². The summed E-state index contributed by atoms with van der Waals surface area (Å²) in [4.78, 5) is 2.71. The molecule has 1 heterocycles. The second-order valence-corrected chi connectivity index (χ2v) is 7.73. The Bertz CT molecular complexity index is 1140. The number of rotatable bonds is 4. The van der Waals surface area contributed by atoms with Gasteiger partial charge < -0.3 is 4.98 Å². The van der Waals surface area contributed by atoms with Crippen LogP contribution in [0.4, 0.5) is 10.1 Å². The van der Waals surface area contributed by atoms with Crippen LogP contribution in [0.2, 0.25) is 10.0 Å². The van der Waals surface area contributed by atoms with Crippen molar-refractivity contribution in [1.82, 2.24) is 4.98 Å². The zero-order valence-electron chi connectivity index (χ0n) is 12.9. The molecule has 5 nitrogen and oxygen atoms in total. The Labute approximate surface area is 159 Å². The number of hydrogen-bond donors (Lipinski definition) is 2. The Morgan fingerprint density at radius 3 is 2.62 bits per heavy atom. The van der Waals surface area contributed by atoms with Gasteiger partial charge in [0, 0.05) is 17.5 Å². The smallest absolute Gasteiger partial charge is 0.263 e. The van der Waals surface area contributed by atoms with E-state index < -0.39 is 15.8 Å². The van der Waals surface area contributed by atoms with Crippen molar-refractivity contribution in [2.45, 2.75) is 4.90 Å². The summed E-state index contributed by atoms with van der Waals surface area (Å²) >= 11 is 12.1. The highest BCUT2D eigenvalue weighted by molar-refractivity contribution is 7.92. The fourth-order valence-corrected chi connectivity index (χ4v) is 3.73. The lowest BCUT2D eigenvalue weighted by atomic mass is 10.1. The number of nitrogens with one attached hydrogen (secondary N) is 2. The molecule has 0 atom stereocenters. The van der Waals surface area contributed by atoms with Crippen LogP contribution in [0.1, 0.15) is 5.56 Å². The van der Waals surface area contributed by atoms with Gasteiger partial charge in [0.2, 0.25) is 0 Å². The van der Waals surface area contributed by atoms with Crippen molar-refractivity contribution in [1.29, 1.82) is 5.26 Å². The van der Waals surface area contributed by atoms with E-state index in [-0.39, 0.29) is 21.2 Å². The molecule has 26 heavy (non-hydrogen) atoms. The van der Waals surface area contributed by atoms with Crippen LogP contribution in [0.5, 0.6) is 0 Å². The van der Waals surface area contributed by atoms with E-state index in [0.29, 0.717) is 16.3 Å². The molecule has 132 valence electrons. The molecule has 0 spiro atoms. The van der Waals surface area contributed by atoms with E-state index in [0.717, 1.165) is 6.07 Å². The second-order valence-electron chi connectivity index (χ2n) is 5.26. The lowest BCUT2D eigenvalue weighted by Gasteiger charge is -2.07. The molecule has 2 aromatic carbocycles. The summed E-state index contributed by atoms with van der Waals surface area (Å²) in [5.74, 6) is -0.846. The number of benzene rings is 2. The molecule has 0 unspecified atom stereocenters. The van der Waals surface area contributed by atoms with Crippen molar-refractivity contribution in [2.24, 2.45) is 0 Å². The molecular weight excluding hydrogens is 400 g/mol. The highest BCUT2D eigenvalue weighted by Gasteiger charge is 2.19. The van der Waals surface area contributed by atoms with Crippen molar-refractivity contribution in [3.63, 3.8) is 0 Å². The summed E-state index contributed by atoms with van der Waals surface area (Å²) in [5, 5.41) is 9.35. The Hall–Kier alpha value is -2.53. The monoisotopic (exact) mass is 409 g/mol. The van der Waals surface area contributed by atoms with Crippen molar-refractivity contribution >= 4 is 38.9 Å². The first-order chi connectivity index (χ1) is 12.3. The SMILES string of the molecule is N#Cc1ccc(NS(=O)(=O)c2c[nH]c(-c3cccc(Cl)c3Cl)c2)c(F)c1. The summed E-state index contributed by atoms with van der Waals surface area (Å²) in [6, 6.07) is 11.6. The molecule has 0 aliphatic rings. The van der Waals surface area contributed by atoms with Crippen LogP contribution in [-0.4, -0.2) is 13.4 Å². The lowest BCUT2D eigenvalue weighted by molar-refractivity contribution is 0.598. The topological polar surface area (TPSA) is 85.8 Å². The van der Waals surface area contributed by atoms with Crippen LogP contribution >= 0.6 is 23.2 Å². The molecule has 0 saturated heterocycles. The fraction of sp³-hybridized carbons (Fsp3) is 0. The molecule has 0 aliphatic heterocycles. The minimum atomic E-state index is -4.05. The largest absolute Gasteiger partial charge is 0.360 e. The molecule has 0 aliphatic carbocycles. The molecule has 3 rings (SSSR count). The van der Waals surface area contributed by atoms with Gasteiger partial charge in [0.1, 0.15) is 10.7 Å². The summed E-state index contributed by atoms with van der Waals surface area (Å²) in [6.45, 7) is 0. The standard InChI is InChI=1S/C17H10Cl2FN3O2S/c18-13-3-1-2-12(17(13)19)16-7-11(9-22-16)26(24,25)23-15-5-4-10(8-21)6-14(15)20/h1-7,9,22-23H. The predicted octanol–water partition coefficient (Wildman–Crippen LogP) is 4.80. The molecule has 1 aromatic heterocycles. The molecule has 0 fully saturated rings. The third-order valence-electron chi connectivity index (χ3n) is 3.55. The molecular formula is C17H10Cl2FN3O2S. The first-order valence-corrected chi connectivity index (χ1v) is 9.41. The number of aromatic nitrogens is 1. The van der Waals surface area contributed by atoms with Crippen LogP contribution in [-0.2, 0) is 10.0 Å². The zero-order valence-corrected chi connectivity index (χ0v) is 15.3. The average molecular weight is 410 g/mol. The van der Waals surface area contributed by atoms with E-state index in [9.17, 15) is 12.8 Å². The zero-order chi connectivity index (χ0) is 18.9. The molecule has 0 radical (unpaired) electrons. The molecule has 2 N–H and O–H groups in total. The first-order valence-electron chi connectivity index (χ1n) is 7.17. The number of aromatic amines is 1. The Balaban J connectivity index is 1.93. The van der Waals surface area contributed by atoms with Crippen molar-refractivity contribution in [3.8, 4) is 17.3 Å². The van der Waals surface area contributed by atoms with E-state index in [2.05, 4.69) is 9.71 Å². The average Bonchev–Trinajstić information content (AvgIpc) is 3.10. The third-order valence-corrected chi connectivity index (χ3v) is 5.71. The van der Waals surface area contributed by atoms with E-state index in [1.54, 1.807) is 24.3 Å². The van der Waals surface area contributed by atoms with Crippen LogP contribution < -0.4 is 4.72 Å². The number of halogens is 3. The Morgan fingerprint density at radius 1 is 1.15 bits per heavy atom. The van der Waals surface area contributed by atoms with Gasteiger partial charge in [-0.05, 0) is 30.3 Å². The van der Waals surface area contributed by atoms with Gasteiger partial charge in [0.25, 0.3) is 10.0 Å². The molecule has 9 heteroatoms. The number of H-pyrrole nitrogens is 1. The van der Waals surface area contributed by atoms with E-state index in [1.807, 2.05) is 0 Å². The first kappa shape index (κ1) is 18.3. The van der Waals surface area contributed by atoms with Gasteiger partial charge in [0.05, 0.1) is 27.4 Å². The van der Waals surface area contributed by atoms with Crippen molar-refractivity contribution in [2.75, 3.05) is 4.72 Å². The predicted molar refractivity (Wildman–Crippen MR) is 98.2 cm³/mol. The maximum absolute atomic E-state index is 13.9. The number of anilines is 1. The fourth-order valence-electron chi connectivity index (χ4n) is 2.27. The number of sulfonamides is 1. The molecule has 3 aromatic rings. The van der Waals surface area contributed by atoms with E-state index >= 15 is 0 Å². The summed E-state index contributed by atoms with van der Waals surface area (Å²) in [6.07, 6.45) is 1.26. The van der Waals surface area contributed by atoms with Crippen LogP contribution in [0, 0.1) is 17.1 Å². The summed E-state index contributed by atoms with van der Waals surface area (Å²) in [7, 11) is -4.05. The summed E-state index contributed by atoms with van der Waals surface area (Å²) < 4.78 is 41.1. The Morgan fingerprint density at radius 2 is 1.92 bits per heavy atom. The van der Waals surface area contributed by atoms with Gasteiger partial charge in [-0.25, -0.2) is 12.8 Å². The maximum Gasteiger partial charge on any atom is 0.263 e. The number of nitriles is 1. The van der Waals surface area contributed by atoms with Crippen LogP contribution in [0.25, 0.3) is 11.3 Å². The van der Waals surface area contributed by atoms with Gasteiger partial charge in [0.15, 0.2) is 0 Å².